The SMILES string of the molecule is COc1ncc(Cl)c(N2CCC3(CC2)CN(C(=O)C(C)(C)F)CCO3)n1. The number of piperidine rings is 1. The van der Waals surface area contributed by atoms with Crippen molar-refractivity contribution in [1.82, 2.24) is 14.9 Å². The van der Waals surface area contributed by atoms with E-state index in [1.165, 1.54) is 27.2 Å². The first-order valence-corrected chi connectivity index (χ1v) is 9.06. The van der Waals surface area contributed by atoms with Crippen molar-refractivity contribution in [3.8, 4) is 6.01 Å². The van der Waals surface area contributed by atoms with E-state index in [4.69, 9.17) is 21.1 Å². The van der Waals surface area contributed by atoms with Crippen molar-refractivity contribution in [1.29, 1.82) is 0 Å². The Balaban J connectivity index is 1.68. The molecule has 2 fully saturated rings. The van der Waals surface area contributed by atoms with E-state index in [-0.39, 0.29) is 6.01 Å². The van der Waals surface area contributed by atoms with Crippen molar-refractivity contribution < 1.29 is 18.7 Å². The maximum Gasteiger partial charge on any atom is 0.318 e. The predicted molar refractivity (Wildman–Crippen MR) is 95.5 cm³/mol. The van der Waals surface area contributed by atoms with Gasteiger partial charge in [-0.1, -0.05) is 11.6 Å². The normalized spacial score (nSPS) is 20.3. The summed E-state index contributed by atoms with van der Waals surface area (Å²) in [7, 11) is 1.51. The Kier molecular flexibility index (Phi) is 5.25. The Morgan fingerprint density at radius 3 is 2.69 bits per heavy atom. The maximum atomic E-state index is 14.0. The molecule has 9 heteroatoms. The third kappa shape index (κ3) is 3.86. The van der Waals surface area contributed by atoms with Gasteiger partial charge < -0.3 is 19.3 Å². The Bertz CT molecular complexity index is 674. The molecule has 0 N–H and O–H groups in total. The fourth-order valence-electron chi connectivity index (χ4n) is 3.49. The Morgan fingerprint density at radius 2 is 2.08 bits per heavy atom. The summed E-state index contributed by atoms with van der Waals surface area (Å²) < 4.78 is 25.1. The number of nitrogens with zero attached hydrogens (tertiary/aromatic N) is 4. The molecule has 1 aromatic rings. The van der Waals surface area contributed by atoms with E-state index in [0.717, 1.165) is 0 Å². The van der Waals surface area contributed by atoms with E-state index in [9.17, 15) is 9.18 Å². The number of carbonyl (C=O) groups excluding carboxylic acids is 1. The van der Waals surface area contributed by atoms with E-state index in [0.29, 0.717) is 56.5 Å². The fraction of sp³-hybridized carbons (Fsp3) is 0.706. The number of carbonyl (C=O) groups is 1. The Hall–Kier alpha value is -1.67. The van der Waals surface area contributed by atoms with Crippen LogP contribution in [0.5, 0.6) is 6.01 Å². The number of morpholine rings is 1. The Labute approximate surface area is 157 Å². The van der Waals surface area contributed by atoms with Crippen LogP contribution < -0.4 is 9.64 Å². The first kappa shape index (κ1) is 19.1. The quantitative estimate of drug-likeness (QED) is 0.792. The topological polar surface area (TPSA) is 67.8 Å². The van der Waals surface area contributed by atoms with Gasteiger partial charge in [0, 0.05) is 26.2 Å². The third-order valence-electron chi connectivity index (χ3n) is 4.90. The van der Waals surface area contributed by atoms with Crippen LogP contribution in [0.1, 0.15) is 26.7 Å². The molecule has 0 radical (unpaired) electrons. The summed E-state index contributed by atoms with van der Waals surface area (Å²) >= 11 is 6.23. The van der Waals surface area contributed by atoms with Gasteiger partial charge in [-0.25, -0.2) is 9.37 Å². The summed E-state index contributed by atoms with van der Waals surface area (Å²) in [6.07, 6.45) is 2.92. The molecule has 2 saturated heterocycles. The minimum absolute atomic E-state index is 0.264. The summed E-state index contributed by atoms with van der Waals surface area (Å²) in [5, 5.41) is 0.460. The summed E-state index contributed by atoms with van der Waals surface area (Å²) in [4.78, 5) is 24.2. The highest BCUT2D eigenvalue weighted by Crippen LogP contribution is 2.34. The molecule has 0 atom stereocenters. The van der Waals surface area contributed by atoms with Crippen LogP contribution in [0.3, 0.4) is 0 Å². The zero-order chi connectivity index (χ0) is 18.9. The second-order valence-corrected chi connectivity index (χ2v) is 7.65. The molecular weight excluding hydrogens is 363 g/mol. The number of amides is 1. The Morgan fingerprint density at radius 1 is 1.38 bits per heavy atom. The zero-order valence-corrected chi connectivity index (χ0v) is 16.1. The molecule has 1 aromatic heterocycles. The van der Waals surface area contributed by atoms with Crippen LogP contribution in [0.2, 0.25) is 5.02 Å². The van der Waals surface area contributed by atoms with Crippen molar-refractivity contribution in [2.24, 2.45) is 0 Å². The molecule has 7 nitrogen and oxygen atoms in total. The van der Waals surface area contributed by atoms with Crippen LogP contribution in [0, 0.1) is 0 Å². The zero-order valence-electron chi connectivity index (χ0n) is 15.3. The summed E-state index contributed by atoms with van der Waals surface area (Å²) in [6.45, 7) is 5.18. The molecule has 1 amide bonds. The van der Waals surface area contributed by atoms with Crippen LogP contribution in [-0.2, 0) is 9.53 Å². The highest BCUT2D eigenvalue weighted by molar-refractivity contribution is 6.32. The van der Waals surface area contributed by atoms with Gasteiger partial charge in [0.05, 0.1) is 25.5 Å². The molecular formula is C17H24ClFN4O3. The number of hydrogen-bond donors (Lipinski definition) is 0. The van der Waals surface area contributed by atoms with Crippen LogP contribution in [0.4, 0.5) is 10.2 Å². The largest absolute Gasteiger partial charge is 0.467 e. The first-order chi connectivity index (χ1) is 12.2. The second kappa shape index (κ2) is 7.15. The lowest BCUT2D eigenvalue weighted by atomic mass is 9.89. The summed E-state index contributed by atoms with van der Waals surface area (Å²) in [5.41, 5.74) is -2.32. The second-order valence-electron chi connectivity index (χ2n) is 7.25. The number of halogens is 2. The van der Waals surface area contributed by atoms with Crippen LogP contribution >= 0.6 is 11.6 Å². The van der Waals surface area contributed by atoms with Gasteiger partial charge in [0.25, 0.3) is 5.91 Å². The molecule has 0 unspecified atom stereocenters. The molecule has 144 valence electrons. The molecule has 3 rings (SSSR count). The number of hydrogen-bond acceptors (Lipinski definition) is 6. The van der Waals surface area contributed by atoms with E-state index >= 15 is 0 Å². The lowest BCUT2D eigenvalue weighted by Crippen LogP contribution is -2.60. The van der Waals surface area contributed by atoms with Gasteiger partial charge in [-0.3, -0.25) is 4.79 Å². The van der Waals surface area contributed by atoms with Gasteiger partial charge in [0.15, 0.2) is 11.5 Å². The third-order valence-corrected chi connectivity index (χ3v) is 5.17. The monoisotopic (exact) mass is 386 g/mol. The van der Waals surface area contributed by atoms with Gasteiger partial charge >= 0.3 is 6.01 Å². The number of anilines is 1. The average Bonchev–Trinajstić information content (AvgIpc) is 2.62. The van der Waals surface area contributed by atoms with Gasteiger partial charge in [0.2, 0.25) is 0 Å². The van der Waals surface area contributed by atoms with Gasteiger partial charge in [-0.15, -0.1) is 0 Å². The van der Waals surface area contributed by atoms with Crippen molar-refractivity contribution in [3.63, 3.8) is 0 Å². The summed E-state index contributed by atoms with van der Waals surface area (Å²) in [6, 6.07) is 0.264. The fourth-order valence-corrected chi connectivity index (χ4v) is 3.70. The van der Waals surface area contributed by atoms with Crippen molar-refractivity contribution >= 4 is 23.3 Å². The van der Waals surface area contributed by atoms with Crippen LogP contribution in [-0.4, -0.2) is 71.9 Å². The molecule has 0 aromatic carbocycles. The lowest BCUT2D eigenvalue weighted by molar-refractivity contribution is -0.163. The average molecular weight is 387 g/mol. The lowest BCUT2D eigenvalue weighted by Gasteiger charge is -2.48. The predicted octanol–water partition coefficient (Wildman–Crippen LogP) is 2.08. The standard InChI is InChI=1S/C17H24ClFN4O3/c1-16(2,19)14(24)23-8-9-26-17(11-23)4-6-22(7-5-17)13-12(18)10-20-15(21-13)25-3/h10H,4-9,11H2,1-3H3. The molecule has 2 aliphatic heterocycles. The van der Waals surface area contributed by atoms with Gasteiger partial charge in [0.1, 0.15) is 5.02 Å². The number of alkyl halides is 1. The van der Waals surface area contributed by atoms with E-state index in [2.05, 4.69) is 14.9 Å². The number of aromatic nitrogens is 2. The minimum Gasteiger partial charge on any atom is -0.467 e. The molecule has 0 aliphatic carbocycles. The molecule has 26 heavy (non-hydrogen) atoms. The van der Waals surface area contributed by atoms with Gasteiger partial charge in [-0.05, 0) is 26.7 Å². The number of methoxy groups -OCH3 is 1. The molecule has 0 saturated carbocycles. The maximum absolute atomic E-state index is 14.0. The highest BCUT2D eigenvalue weighted by atomic mass is 35.5. The van der Waals surface area contributed by atoms with Gasteiger partial charge in [-0.2, -0.15) is 4.98 Å². The molecule has 1 spiro atoms. The smallest absolute Gasteiger partial charge is 0.318 e. The van der Waals surface area contributed by atoms with E-state index < -0.39 is 17.2 Å². The highest BCUT2D eigenvalue weighted by Gasteiger charge is 2.44. The van der Waals surface area contributed by atoms with Crippen molar-refractivity contribution in [3.05, 3.63) is 11.2 Å². The van der Waals surface area contributed by atoms with E-state index in [1.807, 2.05) is 0 Å². The molecule has 3 heterocycles. The van der Waals surface area contributed by atoms with Crippen molar-refractivity contribution in [2.45, 2.75) is 38.0 Å². The van der Waals surface area contributed by atoms with Crippen LogP contribution in [0.25, 0.3) is 0 Å². The van der Waals surface area contributed by atoms with E-state index in [1.54, 1.807) is 4.90 Å². The van der Waals surface area contributed by atoms with Crippen LogP contribution in [0.15, 0.2) is 6.20 Å². The van der Waals surface area contributed by atoms with Crippen molar-refractivity contribution in [2.75, 3.05) is 44.8 Å². The minimum atomic E-state index is -1.87. The molecule has 0 bridgehead atoms. The summed E-state index contributed by atoms with van der Waals surface area (Å²) in [5.74, 6) is 0.146. The first-order valence-electron chi connectivity index (χ1n) is 8.68. The number of rotatable bonds is 3. The number of ether oxygens (including phenoxy) is 2. The molecule has 2 aliphatic rings.